The number of halogens is 1. The molecule has 0 aromatic rings. The second-order valence-corrected chi connectivity index (χ2v) is 7.40. The lowest BCUT2D eigenvalue weighted by atomic mass is 9.64. The predicted octanol–water partition coefficient (Wildman–Crippen LogP) is 2.10. The van der Waals surface area contributed by atoms with Crippen LogP contribution in [-0.4, -0.2) is 10.6 Å². The van der Waals surface area contributed by atoms with Crippen molar-refractivity contribution in [3.63, 3.8) is 0 Å². The molecular formula is C12H13BrO. The van der Waals surface area contributed by atoms with Gasteiger partial charge in [0.25, 0.3) is 0 Å². The fourth-order valence-corrected chi connectivity index (χ4v) is 8.05. The van der Waals surface area contributed by atoms with E-state index in [1.165, 1.54) is 6.42 Å². The molecule has 0 heterocycles. The van der Waals surface area contributed by atoms with Crippen LogP contribution >= 0.6 is 15.9 Å². The Morgan fingerprint density at radius 1 is 1.36 bits per heavy atom. The zero-order valence-corrected chi connectivity index (χ0v) is 9.70. The number of hydrogen-bond donors (Lipinski definition) is 0. The summed E-state index contributed by atoms with van der Waals surface area (Å²) in [6.45, 7) is 2.40. The quantitative estimate of drug-likeness (QED) is 0.604. The molecule has 0 amide bonds. The monoisotopic (exact) mass is 252 g/mol. The van der Waals surface area contributed by atoms with Crippen molar-refractivity contribution in [1.82, 2.24) is 0 Å². The normalized spacial score (nSPS) is 80.3. The molecule has 74 valence electrons. The maximum absolute atomic E-state index is 12.2. The number of Topliss-reactive ketones (excluding diaryl/α,β-unsaturated/α-hetero) is 1. The van der Waals surface area contributed by atoms with Crippen molar-refractivity contribution in [1.29, 1.82) is 0 Å². The zero-order valence-electron chi connectivity index (χ0n) is 8.11. The fraction of sp³-hybridized carbons (Fsp3) is 0.917. The third-order valence-corrected chi connectivity index (χ3v) is 8.22. The minimum Gasteiger partial charge on any atom is -0.299 e. The van der Waals surface area contributed by atoms with Crippen LogP contribution in [-0.2, 0) is 4.79 Å². The summed E-state index contributed by atoms with van der Waals surface area (Å²) in [7, 11) is 0. The summed E-state index contributed by atoms with van der Waals surface area (Å²) >= 11 is 3.92. The van der Waals surface area contributed by atoms with Crippen LogP contribution in [0.15, 0.2) is 0 Å². The Morgan fingerprint density at radius 3 is 2.86 bits per heavy atom. The summed E-state index contributed by atoms with van der Waals surface area (Å²) in [5.74, 6) is 5.85. The van der Waals surface area contributed by atoms with Crippen molar-refractivity contribution >= 4 is 21.7 Å². The van der Waals surface area contributed by atoms with E-state index in [1.54, 1.807) is 0 Å². The molecule has 0 aromatic heterocycles. The van der Waals surface area contributed by atoms with Gasteiger partial charge in [0, 0.05) is 16.7 Å². The summed E-state index contributed by atoms with van der Waals surface area (Å²) in [5.41, 5.74) is 0.370. The van der Waals surface area contributed by atoms with Gasteiger partial charge in [-0.05, 0) is 41.4 Å². The van der Waals surface area contributed by atoms with E-state index < -0.39 is 0 Å². The van der Waals surface area contributed by atoms with Crippen LogP contribution in [0.1, 0.15) is 13.3 Å². The number of hydrogen-bond acceptors (Lipinski definition) is 1. The van der Waals surface area contributed by atoms with Gasteiger partial charge in [-0.25, -0.2) is 0 Å². The van der Waals surface area contributed by atoms with Crippen molar-refractivity contribution in [3.8, 4) is 0 Å². The Bertz CT molecular complexity index is 390. The summed E-state index contributed by atoms with van der Waals surface area (Å²) in [6.07, 6.45) is 1.39. The molecule has 6 rings (SSSR count). The van der Waals surface area contributed by atoms with Gasteiger partial charge in [-0.1, -0.05) is 22.9 Å². The van der Waals surface area contributed by atoms with Crippen molar-refractivity contribution < 1.29 is 4.79 Å². The highest BCUT2D eigenvalue weighted by molar-refractivity contribution is 9.09. The van der Waals surface area contributed by atoms with Crippen LogP contribution in [0.5, 0.6) is 0 Å². The molecule has 6 saturated carbocycles. The van der Waals surface area contributed by atoms with E-state index in [9.17, 15) is 4.79 Å². The largest absolute Gasteiger partial charge is 0.299 e. The Labute approximate surface area is 91.8 Å². The van der Waals surface area contributed by atoms with Gasteiger partial charge < -0.3 is 0 Å². The lowest BCUT2D eigenvalue weighted by Gasteiger charge is -2.38. The van der Waals surface area contributed by atoms with Gasteiger partial charge in [-0.3, -0.25) is 4.79 Å². The number of alkyl halides is 1. The third-order valence-electron chi connectivity index (χ3n) is 6.63. The summed E-state index contributed by atoms with van der Waals surface area (Å²) in [4.78, 5) is 12.9. The van der Waals surface area contributed by atoms with Crippen LogP contribution in [0, 0.1) is 46.8 Å². The van der Waals surface area contributed by atoms with E-state index >= 15 is 0 Å². The first kappa shape index (κ1) is 7.43. The van der Waals surface area contributed by atoms with Gasteiger partial charge in [-0.15, -0.1) is 0 Å². The molecule has 6 aliphatic carbocycles. The van der Waals surface area contributed by atoms with Gasteiger partial charge in [0.2, 0.25) is 0 Å². The van der Waals surface area contributed by atoms with E-state index in [2.05, 4.69) is 22.9 Å². The Balaban J connectivity index is 1.92. The first-order valence-electron chi connectivity index (χ1n) is 5.85. The second-order valence-electron chi connectivity index (χ2n) is 6.42. The van der Waals surface area contributed by atoms with Crippen molar-refractivity contribution in [2.45, 2.75) is 18.2 Å². The van der Waals surface area contributed by atoms with Crippen LogP contribution in [0.3, 0.4) is 0 Å². The average Bonchev–Trinajstić information content (AvgIpc) is 2.81. The fourth-order valence-electron chi connectivity index (χ4n) is 6.72. The maximum atomic E-state index is 12.2. The van der Waals surface area contributed by atoms with Gasteiger partial charge in [0.15, 0.2) is 0 Å². The SMILES string of the molecule is C[C@]12[C@@H]3[C@H]4C[C@@H]5[C@H]3C(=O)[C@@H]1[C@@H]5[C@@H]4[C@H]2Br. The first-order chi connectivity index (χ1) is 6.67. The molecule has 6 aliphatic rings. The van der Waals surface area contributed by atoms with Gasteiger partial charge in [0.1, 0.15) is 5.78 Å². The molecule has 9 atom stereocenters. The van der Waals surface area contributed by atoms with Crippen molar-refractivity contribution in [2.24, 2.45) is 46.8 Å². The van der Waals surface area contributed by atoms with Crippen LogP contribution in [0.4, 0.5) is 0 Å². The summed E-state index contributed by atoms with van der Waals surface area (Å²) in [6, 6.07) is 0. The zero-order chi connectivity index (χ0) is 9.40. The second kappa shape index (κ2) is 1.66. The maximum Gasteiger partial charge on any atom is 0.140 e. The van der Waals surface area contributed by atoms with E-state index in [-0.39, 0.29) is 0 Å². The molecule has 6 fully saturated rings. The van der Waals surface area contributed by atoms with E-state index in [1.807, 2.05) is 0 Å². The molecule has 0 aromatic carbocycles. The predicted molar refractivity (Wildman–Crippen MR) is 54.9 cm³/mol. The Kier molecular flexibility index (Phi) is 0.883. The molecule has 0 saturated heterocycles. The van der Waals surface area contributed by atoms with E-state index in [0.717, 1.165) is 29.6 Å². The minimum absolute atomic E-state index is 0.370. The third kappa shape index (κ3) is 0.391. The Morgan fingerprint density at radius 2 is 2.14 bits per heavy atom. The average molecular weight is 253 g/mol. The number of rotatable bonds is 0. The van der Waals surface area contributed by atoms with E-state index in [4.69, 9.17) is 0 Å². The van der Waals surface area contributed by atoms with Gasteiger partial charge >= 0.3 is 0 Å². The van der Waals surface area contributed by atoms with Gasteiger partial charge in [0.05, 0.1) is 0 Å². The molecule has 0 spiro atoms. The highest BCUT2D eigenvalue weighted by Crippen LogP contribution is 2.86. The number of ketones is 1. The van der Waals surface area contributed by atoms with Crippen LogP contribution < -0.4 is 0 Å². The smallest absolute Gasteiger partial charge is 0.140 e. The lowest BCUT2D eigenvalue weighted by molar-refractivity contribution is -0.122. The minimum atomic E-state index is 0.370. The highest BCUT2D eigenvalue weighted by atomic mass is 79.9. The summed E-state index contributed by atoms with van der Waals surface area (Å²) in [5, 5.41) is 0. The topological polar surface area (TPSA) is 17.1 Å². The van der Waals surface area contributed by atoms with Gasteiger partial charge in [-0.2, -0.15) is 0 Å². The molecule has 1 nitrogen and oxygen atoms in total. The van der Waals surface area contributed by atoms with Crippen LogP contribution in [0.2, 0.25) is 0 Å². The molecule has 14 heavy (non-hydrogen) atoms. The van der Waals surface area contributed by atoms with Crippen molar-refractivity contribution in [3.05, 3.63) is 0 Å². The lowest BCUT2D eigenvalue weighted by Crippen LogP contribution is -2.37. The molecule has 2 heteroatoms. The molecule has 0 radical (unpaired) electrons. The van der Waals surface area contributed by atoms with Crippen molar-refractivity contribution in [2.75, 3.05) is 0 Å². The van der Waals surface area contributed by atoms with E-state index in [0.29, 0.717) is 27.9 Å². The molecule has 0 aliphatic heterocycles. The highest BCUT2D eigenvalue weighted by Gasteiger charge is 2.87. The molecule has 0 N–H and O–H groups in total. The first-order valence-corrected chi connectivity index (χ1v) is 6.76. The summed E-state index contributed by atoms with van der Waals surface area (Å²) < 4.78 is 0. The molecule has 6 bridgehead atoms. The van der Waals surface area contributed by atoms with Crippen LogP contribution in [0.25, 0.3) is 0 Å². The Hall–Kier alpha value is 0.150. The molecule has 0 unspecified atom stereocenters. The molecular weight excluding hydrogens is 240 g/mol. The number of carbonyl (C=O) groups excluding carboxylic acids is 1. The standard InChI is InChI=1S/C12H13BrO/c1-12-8-4-2-3-5(6(4)11(12)13)9(12)10(14)7(3)8/h3-9,11H,2H2,1H3/t3-,4-,5-,6+,7+,8+,9-,11+,12-/m0/s1. The number of carbonyl (C=O) groups is 1.